The molecule has 5 heterocycles. The first kappa shape index (κ1) is 54.3. The van der Waals surface area contributed by atoms with Crippen molar-refractivity contribution >= 4 is 46.6 Å². The van der Waals surface area contributed by atoms with Crippen molar-refractivity contribution in [1.29, 1.82) is 0 Å². The Morgan fingerprint density at radius 2 is 1.60 bits per heavy atom. The Labute approximate surface area is 430 Å². The molecular formula is C53H68N8O11S. The van der Waals surface area contributed by atoms with E-state index in [9.17, 15) is 34.2 Å². The van der Waals surface area contributed by atoms with Gasteiger partial charge in [0.15, 0.2) is 5.78 Å². The number of phenolic OH excluding ortho intramolecular Hbond substituents is 1. The zero-order valence-electron chi connectivity index (χ0n) is 42.0. The molecule has 3 aliphatic rings. The molecule has 3 aliphatic heterocycles. The number of nitrogens with one attached hydrogen (secondary N) is 3. The second kappa shape index (κ2) is 26.0. The number of thiazole rings is 1. The molecule has 0 spiro atoms. The van der Waals surface area contributed by atoms with Crippen LogP contribution in [0.15, 0.2) is 84.5 Å². The fraction of sp³-hybridized carbons (Fsp3) is 0.491. The standard InChI is InChI=1S/C53H68N8O11S/c1-35-49(73-34-56-35)37-16-14-36(15-17-37)29-55-51(67)42-28-40(62)32-61(42)52(68)50(53(2,3)4)58-47(66)33-71-26-25-70-24-23-69-22-19-54-46(65)12-8-21-72-48-13-7-11-45(57-48)60-31-38-27-39(60)30-59(38)20-18-44(64)41-9-5-6-10-43(41)63/h5-7,9-11,13-18,20,34,38-40,42,50,62-63H,8,12,19,21-33H2,1-4H3,(H,54,65)(H,55,67)(H,58,66)/b20-18+/t38-,39-,40-,42+,50-/m1/s1. The van der Waals surface area contributed by atoms with Gasteiger partial charge in [-0.2, -0.15) is 4.98 Å². The monoisotopic (exact) mass is 1020 g/mol. The molecule has 3 saturated heterocycles. The summed E-state index contributed by atoms with van der Waals surface area (Å²) in [5.41, 5.74) is 4.26. The summed E-state index contributed by atoms with van der Waals surface area (Å²) in [4.78, 5) is 81.2. The number of β-amino-alcohol motifs (C(OH)–C–C–N with tert-alkyl or cyclic N) is 1. The number of ketones is 1. The molecule has 4 aromatic rings. The molecule has 19 nitrogen and oxygen atoms in total. The Morgan fingerprint density at radius 1 is 0.849 bits per heavy atom. The second-order valence-electron chi connectivity index (χ2n) is 19.4. The number of para-hydroxylation sites is 1. The van der Waals surface area contributed by atoms with E-state index in [0.717, 1.165) is 47.0 Å². The van der Waals surface area contributed by atoms with Crippen LogP contribution in [0, 0.1) is 12.3 Å². The summed E-state index contributed by atoms with van der Waals surface area (Å²) in [5.74, 6) is -0.399. The van der Waals surface area contributed by atoms with Crippen LogP contribution in [0.3, 0.4) is 0 Å². The van der Waals surface area contributed by atoms with E-state index in [1.54, 1.807) is 41.1 Å². The number of pyridine rings is 1. The number of phenols is 1. The lowest BCUT2D eigenvalue weighted by molar-refractivity contribution is -0.144. The van der Waals surface area contributed by atoms with Crippen molar-refractivity contribution in [2.75, 3.05) is 77.3 Å². The third kappa shape index (κ3) is 15.3. The number of rotatable bonds is 26. The fourth-order valence-corrected chi connectivity index (χ4v) is 9.90. The summed E-state index contributed by atoms with van der Waals surface area (Å²) in [7, 11) is 0. The van der Waals surface area contributed by atoms with E-state index in [-0.39, 0.29) is 93.4 Å². The first-order chi connectivity index (χ1) is 35.1. The molecule has 20 heteroatoms. The van der Waals surface area contributed by atoms with Crippen LogP contribution in [0.2, 0.25) is 0 Å². The molecule has 392 valence electrons. The number of allylic oxidation sites excluding steroid dienone is 1. The number of carbonyl (C=O) groups is 5. The molecular weight excluding hydrogens is 957 g/mol. The normalized spacial score (nSPS) is 18.8. The van der Waals surface area contributed by atoms with Crippen LogP contribution in [-0.2, 0) is 39.9 Å². The van der Waals surface area contributed by atoms with Crippen LogP contribution >= 0.6 is 11.3 Å². The number of aryl methyl sites for hydroxylation is 1. The van der Waals surface area contributed by atoms with Gasteiger partial charge in [0.2, 0.25) is 29.5 Å². The molecule has 5 atom stereocenters. The van der Waals surface area contributed by atoms with Crippen LogP contribution in [-0.4, -0.2) is 162 Å². The number of aromatic nitrogens is 2. The number of amides is 4. The molecule has 7 rings (SSSR count). The fourth-order valence-electron chi connectivity index (χ4n) is 9.09. The number of likely N-dealkylation sites (tertiary alicyclic amines) is 2. The number of carbonyl (C=O) groups excluding carboxylic acids is 5. The quantitative estimate of drug-likeness (QED) is 0.0340. The number of hydrogen-bond acceptors (Lipinski definition) is 16. The molecule has 0 aliphatic carbocycles. The van der Waals surface area contributed by atoms with E-state index in [0.29, 0.717) is 38.7 Å². The summed E-state index contributed by atoms with van der Waals surface area (Å²) < 4.78 is 22.5. The molecule has 0 unspecified atom stereocenters. The van der Waals surface area contributed by atoms with Crippen molar-refractivity contribution in [1.82, 2.24) is 35.7 Å². The van der Waals surface area contributed by atoms with Crippen LogP contribution in [0.5, 0.6) is 11.6 Å². The van der Waals surface area contributed by atoms with Crippen molar-refractivity contribution in [2.45, 2.75) is 90.2 Å². The van der Waals surface area contributed by atoms with E-state index in [2.05, 4.69) is 30.7 Å². The molecule has 3 fully saturated rings. The van der Waals surface area contributed by atoms with E-state index in [4.69, 9.17) is 23.9 Å². The minimum Gasteiger partial charge on any atom is -0.507 e. The average Bonchev–Trinajstić information content (AvgIpc) is 4.19. The van der Waals surface area contributed by atoms with Gasteiger partial charge in [0.25, 0.3) is 0 Å². The van der Waals surface area contributed by atoms with E-state index in [1.165, 1.54) is 17.0 Å². The van der Waals surface area contributed by atoms with E-state index < -0.39 is 35.4 Å². The van der Waals surface area contributed by atoms with Crippen molar-refractivity contribution in [3.8, 4) is 22.1 Å². The predicted molar refractivity (Wildman–Crippen MR) is 274 cm³/mol. The maximum atomic E-state index is 13.9. The molecule has 0 saturated carbocycles. The zero-order chi connectivity index (χ0) is 51.9. The topological polar surface area (TPSA) is 234 Å². The lowest BCUT2D eigenvalue weighted by Crippen LogP contribution is -2.58. The highest BCUT2D eigenvalue weighted by Gasteiger charge is 2.45. The van der Waals surface area contributed by atoms with Gasteiger partial charge in [-0.3, -0.25) is 24.0 Å². The highest BCUT2D eigenvalue weighted by atomic mass is 32.1. The summed E-state index contributed by atoms with van der Waals surface area (Å²) in [6.45, 7) is 10.7. The van der Waals surface area contributed by atoms with Crippen molar-refractivity contribution in [3.63, 3.8) is 0 Å². The van der Waals surface area contributed by atoms with Gasteiger partial charge in [-0.05, 0) is 54.5 Å². The molecule has 73 heavy (non-hydrogen) atoms. The summed E-state index contributed by atoms with van der Waals surface area (Å²) in [6.07, 6.45) is 4.30. The van der Waals surface area contributed by atoms with Crippen LogP contribution < -0.4 is 25.6 Å². The maximum absolute atomic E-state index is 13.9. The maximum Gasteiger partial charge on any atom is 0.246 e. The number of nitrogens with zero attached hydrogens (tertiary/aromatic N) is 5. The predicted octanol–water partition coefficient (Wildman–Crippen LogP) is 4.01. The molecule has 5 N–H and O–H groups in total. The molecule has 4 amide bonds. The molecule has 2 bridgehead atoms. The van der Waals surface area contributed by atoms with Gasteiger partial charge in [0.05, 0.1) is 67.4 Å². The Bertz CT molecular complexity index is 2530. The third-order valence-corrected chi connectivity index (χ3v) is 13.9. The first-order valence-corrected chi connectivity index (χ1v) is 25.7. The minimum absolute atomic E-state index is 0.0280. The number of hydrogen-bond donors (Lipinski definition) is 5. The van der Waals surface area contributed by atoms with Gasteiger partial charge in [0, 0.05) is 76.0 Å². The minimum atomic E-state index is -0.980. The number of piperazine rings is 1. The number of fused-ring (bicyclic) bond motifs is 2. The molecule has 0 radical (unpaired) electrons. The second-order valence-corrected chi connectivity index (χ2v) is 20.3. The highest BCUT2D eigenvalue weighted by molar-refractivity contribution is 7.13. The van der Waals surface area contributed by atoms with Crippen molar-refractivity contribution < 1.29 is 53.1 Å². The SMILES string of the molecule is Cc1ncsc1-c1ccc(CNC(=O)[C@@H]2C[C@@H](O)CN2C(=O)[C@@H](NC(=O)COCCOCCOCCNC(=O)CCCOc2cccc(N3C[C@H]4C[C@@H]3CN4/C=C/C(=O)c3ccccc3O)n2)C(C)(C)C)cc1. The lowest BCUT2D eigenvalue weighted by Gasteiger charge is -2.35. The van der Waals surface area contributed by atoms with Gasteiger partial charge in [-0.15, -0.1) is 11.3 Å². The Morgan fingerprint density at radius 3 is 2.32 bits per heavy atom. The first-order valence-electron chi connectivity index (χ1n) is 24.8. The van der Waals surface area contributed by atoms with Crippen molar-refractivity contribution in [3.05, 3.63) is 101 Å². The number of aliphatic hydroxyl groups is 1. The van der Waals surface area contributed by atoms with Gasteiger partial charge in [-0.1, -0.05) is 63.2 Å². The zero-order valence-corrected chi connectivity index (χ0v) is 42.8. The van der Waals surface area contributed by atoms with E-state index >= 15 is 0 Å². The van der Waals surface area contributed by atoms with Gasteiger partial charge in [0.1, 0.15) is 30.3 Å². The lowest BCUT2D eigenvalue weighted by atomic mass is 9.85. The summed E-state index contributed by atoms with van der Waals surface area (Å²) >= 11 is 1.57. The van der Waals surface area contributed by atoms with Gasteiger partial charge >= 0.3 is 0 Å². The number of ether oxygens (including phenoxy) is 4. The Hall–Kier alpha value is -6.45. The number of benzene rings is 2. The van der Waals surface area contributed by atoms with Crippen molar-refractivity contribution in [2.24, 2.45) is 5.41 Å². The van der Waals surface area contributed by atoms with Crippen LogP contribution in [0.4, 0.5) is 5.82 Å². The molecule has 2 aromatic heterocycles. The Kier molecular flexibility index (Phi) is 19.3. The van der Waals surface area contributed by atoms with Crippen LogP contribution in [0.25, 0.3) is 10.4 Å². The summed E-state index contributed by atoms with van der Waals surface area (Å²) in [5, 5.41) is 29.1. The largest absolute Gasteiger partial charge is 0.507 e. The smallest absolute Gasteiger partial charge is 0.246 e. The number of aliphatic hydroxyl groups excluding tert-OH is 1. The summed E-state index contributed by atoms with van der Waals surface area (Å²) in [6, 6.07) is 18.7. The van der Waals surface area contributed by atoms with Crippen LogP contribution in [0.1, 0.15) is 68.1 Å². The van der Waals surface area contributed by atoms with Gasteiger partial charge < -0.3 is 59.8 Å². The number of aromatic hydroxyl groups is 1. The van der Waals surface area contributed by atoms with Gasteiger partial charge in [-0.25, -0.2) is 4.98 Å². The highest BCUT2D eigenvalue weighted by Crippen LogP contribution is 2.35. The average molecular weight is 1030 g/mol. The molecule has 2 aromatic carbocycles. The van der Waals surface area contributed by atoms with E-state index in [1.807, 2.05) is 70.3 Å². The Balaban J connectivity index is 0.701. The third-order valence-electron chi connectivity index (χ3n) is 12.9. The number of anilines is 1.